The quantitative estimate of drug-likeness (QED) is 0.739. The second-order valence-corrected chi connectivity index (χ2v) is 8.34. The van der Waals surface area contributed by atoms with Crippen LogP contribution in [0.4, 0.5) is 18.9 Å². The van der Waals surface area contributed by atoms with Gasteiger partial charge in [0, 0.05) is 18.3 Å². The number of nitrogens with zero attached hydrogens (tertiary/aromatic N) is 1. The zero-order valence-corrected chi connectivity index (χ0v) is 15.7. The molecule has 0 saturated carbocycles. The lowest BCUT2D eigenvalue weighted by Crippen LogP contribution is -2.53. The lowest BCUT2D eigenvalue weighted by atomic mass is 10.0. The van der Waals surface area contributed by atoms with Gasteiger partial charge in [-0.25, -0.2) is 8.42 Å². The third kappa shape index (κ3) is 3.38. The minimum Gasteiger partial charge on any atom is -0.324 e. The number of amides is 1. The number of sulfonamides is 1. The fraction of sp³-hybridized carbons (Fsp3) is 0.176. The summed E-state index contributed by atoms with van der Waals surface area (Å²) in [7, 11) is -3.08. The van der Waals surface area contributed by atoms with Crippen molar-refractivity contribution < 1.29 is 31.2 Å². The molecule has 0 spiro atoms. The Balaban J connectivity index is 1.97. The predicted octanol–water partition coefficient (Wildman–Crippen LogP) is 3.18. The van der Waals surface area contributed by atoms with E-state index < -0.39 is 44.5 Å². The topological polar surface area (TPSA) is 83.6 Å². The molecule has 0 radical (unpaired) electrons. The molecule has 6 nitrogen and oxygen atoms in total. The van der Waals surface area contributed by atoms with Crippen molar-refractivity contribution >= 4 is 39.0 Å². The third-order valence-electron chi connectivity index (χ3n) is 4.21. The molecule has 148 valence electrons. The van der Waals surface area contributed by atoms with E-state index in [4.69, 9.17) is 11.6 Å². The molecule has 1 aliphatic rings. The monoisotopic (exact) mass is 432 g/mol. The van der Waals surface area contributed by atoms with Gasteiger partial charge in [-0.1, -0.05) is 23.7 Å². The van der Waals surface area contributed by atoms with Crippen molar-refractivity contribution in [1.82, 2.24) is 4.31 Å². The molecule has 0 saturated heterocycles. The SMILES string of the molecule is CN1C(C(=O)Nc2ccc(Cl)c(C(F)(F)F)c2)C(=O)c2ccccc2S1(=O)=O. The van der Waals surface area contributed by atoms with Gasteiger partial charge in [-0.05, 0) is 30.3 Å². The molecule has 0 aliphatic carbocycles. The van der Waals surface area contributed by atoms with Gasteiger partial charge < -0.3 is 5.32 Å². The van der Waals surface area contributed by atoms with E-state index in [2.05, 4.69) is 5.32 Å². The molecular formula is C17H12ClF3N2O4S. The van der Waals surface area contributed by atoms with Crippen molar-refractivity contribution in [3.63, 3.8) is 0 Å². The van der Waals surface area contributed by atoms with Crippen LogP contribution in [0, 0.1) is 0 Å². The number of hydrogen-bond acceptors (Lipinski definition) is 4. The average molecular weight is 433 g/mol. The van der Waals surface area contributed by atoms with E-state index in [0.717, 1.165) is 19.2 Å². The summed E-state index contributed by atoms with van der Waals surface area (Å²) in [6, 6.07) is 6.30. The van der Waals surface area contributed by atoms with Gasteiger partial charge in [0.1, 0.15) is 0 Å². The van der Waals surface area contributed by atoms with Crippen molar-refractivity contribution in [1.29, 1.82) is 0 Å². The van der Waals surface area contributed by atoms with Crippen LogP contribution in [0.5, 0.6) is 0 Å². The molecule has 0 fully saturated rings. The molecule has 2 aromatic rings. The first kappa shape index (κ1) is 20.3. The van der Waals surface area contributed by atoms with Crippen LogP contribution < -0.4 is 5.32 Å². The molecule has 2 aromatic carbocycles. The average Bonchev–Trinajstić information content (AvgIpc) is 2.61. The van der Waals surface area contributed by atoms with Gasteiger partial charge in [0.2, 0.25) is 10.0 Å². The van der Waals surface area contributed by atoms with Gasteiger partial charge >= 0.3 is 6.18 Å². The van der Waals surface area contributed by atoms with Gasteiger partial charge in [0.25, 0.3) is 5.91 Å². The van der Waals surface area contributed by atoms with Gasteiger partial charge in [-0.2, -0.15) is 17.5 Å². The smallest absolute Gasteiger partial charge is 0.324 e. The fourth-order valence-corrected chi connectivity index (χ4v) is 4.52. The minimum absolute atomic E-state index is 0.159. The van der Waals surface area contributed by atoms with E-state index in [1.807, 2.05) is 0 Å². The number of benzene rings is 2. The summed E-state index contributed by atoms with van der Waals surface area (Å²) in [5.74, 6) is -1.86. The molecular weight excluding hydrogens is 421 g/mol. The summed E-state index contributed by atoms with van der Waals surface area (Å²) in [5.41, 5.74) is -1.61. The fourth-order valence-electron chi connectivity index (χ4n) is 2.82. The number of ketones is 1. The lowest BCUT2D eigenvalue weighted by Gasteiger charge is -2.31. The number of rotatable bonds is 2. The number of hydrogen-bond donors (Lipinski definition) is 1. The predicted molar refractivity (Wildman–Crippen MR) is 94.6 cm³/mol. The van der Waals surface area contributed by atoms with Crippen molar-refractivity contribution in [3.8, 4) is 0 Å². The first-order valence-corrected chi connectivity index (χ1v) is 9.55. The number of nitrogens with one attached hydrogen (secondary N) is 1. The van der Waals surface area contributed by atoms with E-state index in [0.29, 0.717) is 10.4 Å². The molecule has 1 atom stereocenters. The number of anilines is 1. The second-order valence-electron chi connectivity index (χ2n) is 5.97. The van der Waals surface area contributed by atoms with Crippen LogP contribution in [-0.2, 0) is 21.0 Å². The molecule has 0 bridgehead atoms. The number of Topliss-reactive ketones (excluding diaryl/α,β-unsaturated/α-hetero) is 1. The van der Waals surface area contributed by atoms with E-state index in [9.17, 15) is 31.2 Å². The summed E-state index contributed by atoms with van der Waals surface area (Å²) in [4.78, 5) is 25.0. The minimum atomic E-state index is -4.75. The summed E-state index contributed by atoms with van der Waals surface area (Å²) >= 11 is 5.53. The Labute approximate surface area is 163 Å². The van der Waals surface area contributed by atoms with Crippen LogP contribution in [-0.4, -0.2) is 37.5 Å². The normalized spacial score (nSPS) is 19.2. The maximum atomic E-state index is 13.0. The number of halogens is 4. The Bertz CT molecular complexity index is 1090. The van der Waals surface area contributed by atoms with Crippen LogP contribution in [0.25, 0.3) is 0 Å². The van der Waals surface area contributed by atoms with Crippen molar-refractivity contribution in [2.24, 2.45) is 0 Å². The summed E-state index contributed by atoms with van der Waals surface area (Å²) in [5, 5.41) is 1.59. The van der Waals surface area contributed by atoms with Gasteiger partial charge in [0.05, 0.1) is 15.5 Å². The van der Waals surface area contributed by atoms with Crippen molar-refractivity contribution in [2.45, 2.75) is 17.1 Å². The first-order chi connectivity index (χ1) is 12.9. The highest BCUT2D eigenvalue weighted by Crippen LogP contribution is 2.36. The summed E-state index contributed by atoms with van der Waals surface area (Å²) in [6.07, 6.45) is -4.75. The highest BCUT2D eigenvalue weighted by atomic mass is 35.5. The Morgan fingerprint density at radius 3 is 2.46 bits per heavy atom. The Kier molecular flexibility index (Phi) is 4.98. The van der Waals surface area contributed by atoms with E-state index >= 15 is 0 Å². The second kappa shape index (κ2) is 6.87. The van der Waals surface area contributed by atoms with E-state index in [1.54, 1.807) is 0 Å². The third-order valence-corrected chi connectivity index (χ3v) is 6.42. The highest BCUT2D eigenvalue weighted by Gasteiger charge is 2.45. The summed E-state index contributed by atoms with van der Waals surface area (Å²) < 4.78 is 64.7. The molecule has 28 heavy (non-hydrogen) atoms. The number of carbonyl (C=O) groups excluding carboxylic acids is 2. The van der Waals surface area contributed by atoms with Gasteiger partial charge in [0.15, 0.2) is 11.8 Å². The Morgan fingerprint density at radius 1 is 1.18 bits per heavy atom. The van der Waals surface area contributed by atoms with Crippen LogP contribution in [0.15, 0.2) is 47.4 Å². The molecule has 0 aromatic heterocycles. The van der Waals surface area contributed by atoms with Crippen molar-refractivity contribution in [3.05, 3.63) is 58.6 Å². The zero-order valence-electron chi connectivity index (χ0n) is 14.1. The molecule has 1 N–H and O–H groups in total. The summed E-state index contributed by atoms with van der Waals surface area (Å²) in [6.45, 7) is 0. The molecule has 1 aliphatic heterocycles. The van der Waals surface area contributed by atoms with Crippen LogP contribution in [0.2, 0.25) is 5.02 Å². The molecule has 1 heterocycles. The highest BCUT2D eigenvalue weighted by molar-refractivity contribution is 7.89. The van der Waals surface area contributed by atoms with E-state index in [-0.39, 0.29) is 16.1 Å². The number of fused-ring (bicyclic) bond motifs is 1. The van der Waals surface area contributed by atoms with Gasteiger partial charge in [-0.15, -0.1) is 0 Å². The van der Waals surface area contributed by atoms with Crippen LogP contribution >= 0.6 is 11.6 Å². The maximum absolute atomic E-state index is 13.0. The number of carbonyl (C=O) groups is 2. The number of alkyl halides is 3. The Hall–Kier alpha value is -2.43. The van der Waals surface area contributed by atoms with Crippen LogP contribution in [0.3, 0.4) is 0 Å². The van der Waals surface area contributed by atoms with Gasteiger partial charge in [-0.3, -0.25) is 9.59 Å². The lowest BCUT2D eigenvalue weighted by molar-refractivity contribution is -0.137. The van der Waals surface area contributed by atoms with Crippen LogP contribution in [0.1, 0.15) is 15.9 Å². The standard InChI is InChI=1S/C17H12ClF3N2O4S/c1-23-14(15(24)10-4-2-3-5-13(10)28(23,26)27)16(25)22-9-6-7-12(18)11(8-9)17(19,20)21/h2-8,14H,1H3,(H,22,25). The zero-order chi connectivity index (χ0) is 20.9. The van der Waals surface area contributed by atoms with E-state index in [1.165, 1.54) is 24.3 Å². The Morgan fingerprint density at radius 2 is 1.82 bits per heavy atom. The van der Waals surface area contributed by atoms with Crippen molar-refractivity contribution in [2.75, 3.05) is 12.4 Å². The molecule has 1 unspecified atom stereocenters. The molecule has 3 rings (SSSR count). The first-order valence-electron chi connectivity index (χ1n) is 7.73. The maximum Gasteiger partial charge on any atom is 0.417 e. The molecule has 11 heteroatoms. The largest absolute Gasteiger partial charge is 0.417 e. The number of likely N-dealkylation sites (N-methyl/N-ethyl adjacent to an activating group) is 1. The molecule has 1 amide bonds.